The molecule has 3 N–H and O–H groups in total. The van der Waals surface area contributed by atoms with E-state index in [2.05, 4.69) is 41.5 Å². The standard InChI is InChI=1S/C81H158O17P2/c1-7-9-11-13-15-17-19-21-27-32-35-39-45-51-57-63-78(83)91-69-76(97-80(85)66-60-54-47-41-37-33-29-26-24-23-25-28-30-34-38-43-49-55-61-73(3)4)71-95-99(87,88)93-67-75(82)68-94-100(89,90)96-72-77(70-92-79(84)64-58-52-48-42-44-50-56-62-74(5)6)98-81(86)65-59-53-46-40-36-31-22-20-18-16-14-12-10-8-2/h73-77,82H,7-72H2,1-6H3,(H,87,88)(H,89,90)/t75-,76-,77-/m1/s1. The van der Waals surface area contributed by atoms with E-state index in [-0.39, 0.29) is 25.7 Å². The Hall–Kier alpha value is -1.94. The number of aliphatic hydroxyl groups is 1. The molecular formula is C81H158O17P2. The highest BCUT2D eigenvalue weighted by atomic mass is 31.2. The van der Waals surface area contributed by atoms with Gasteiger partial charge in [-0.25, -0.2) is 9.13 Å². The maximum Gasteiger partial charge on any atom is 0.472 e. The average Bonchev–Trinajstić information content (AvgIpc) is 0.940. The summed E-state index contributed by atoms with van der Waals surface area (Å²) in [6, 6.07) is 0. The monoisotopic (exact) mass is 1470 g/mol. The number of hydrogen-bond acceptors (Lipinski definition) is 15. The van der Waals surface area contributed by atoms with E-state index in [0.29, 0.717) is 31.6 Å². The second-order valence-electron chi connectivity index (χ2n) is 30.1. The van der Waals surface area contributed by atoms with Gasteiger partial charge < -0.3 is 33.8 Å². The van der Waals surface area contributed by atoms with Gasteiger partial charge in [-0.1, -0.05) is 375 Å². The number of rotatable bonds is 80. The van der Waals surface area contributed by atoms with Crippen LogP contribution >= 0.6 is 15.6 Å². The van der Waals surface area contributed by atoms with Gasteiger partial charge in [0.1, 0.15) is 19.3 Å². The summed E-state index contributed by atoms with van der Waals surface area (Å²) in [4.78, 5) is 73.0. The Balaban J connectivity index is 5.22. The van der Waals surface area contributed by atoms with Crippen LogP contribution in [0.2, 0.25) is 0 Å². The summed E-state index contributed by atoms with van der Waals surface area (Å²) in [5.74, 6) is -0.582. The molecule has 0 aliphatic rings. The molecule has 5 atom stereocenters. The Morgan fingerprint density at radius 3 is 0.680 bits per heavy atom. The maximum atomic E-state index is 13.1. The van der Waals surface area contributed by atoms with E-state index in [4.69, 9.17) is 37.0 Å². The Labute approximate surface area is 613 Å². The van der Waals surface area contributed by atoms with Crippen molar-refractivity contribution in [1.29, 1.82) is 0 Å². The molecule has 0 saturated carbocycles. The molecule has 0 radical (unpaired) electrons. The molecule has 0 aliphatic carbocycles. The number of ether oxygens (including phenoxy) is 4. The molecule has 100 heavy (non-hydrogen) atoms. The van der Waals surface area contributed by atoms with E-state index >= 15 is 0 Å². The normalized spacial score (nSPS) is 13.9. The van der Waals surface area contributed by atoms with Crippen LogP contribution in [0.15, 0.2) is 0 Å². The summed E-state index contributed by atoms with van der Waals surface area (Å²) < 4.78 is 68.7. The van der Waals surface area contributed by atoms with Crippen molar-refractivity contribution < 1.29 is 80.2 Å². The van der Waals surface area contributed by atoms with Crippen molar-refractivity contribution in [3.8, 4) is 0 Å². The summed E-state index contributed by atoms with van der Waals surface area (Å²) in [6.07, 6.45) is 62.5. The van der Waals surface area contributed by atoms with Crippen molar-refractivity contribution >= 4 is 39.5 Å². The van der Waals surface area contributed by atoms with E-state index in [9.17, 15) is 43.2 Å². The predicted molar refractivity (Wildman–Crippen MR) is 409 cm³/mol. The molecular weight excluding hydrogens is 1310 g/mol. The van der Waals surface area contributed by atoms with Gasteiger partial charge in [0.05, 0.1) is 26.4 Å². The van der Waals surface area contributed by atoms with E-state index in [1.54, 1.807) is 0 Å². The smallest absolute Gasteiger partial charge is 0.462 e. The number of esters is 4. The molecule has 0 heterocycles. The SMILES string of the molecule is CCCCCCCCCCCCCCCCCC(=O)OC[C@H](COP(=O)(O)OC[C@@H](O)COP(=O)(O)OC[C@@H](COC(=O)CCCCCCCCCC(C)C)OC(=O)CCCCCCCCCCCCCCCC)OC(=O)CCCCCCCCCCCCCCCCCCCCC(C)C. The molecule has 594 valence electrons. The minimum absolute atomic E-state index is 0.107. The number of phosphoric acid groups is 2. The number of aliphatic hydroxyl groups excluding tert-OH is 1. The van der Waals surface area contributed by atoms with Gasteiger partial charge in [-0.15, -0.1) is 0 Å². The Morgan fingerprint density at radius 2 is 0.460 bits per heavy atom. The zero-order chi connectivity index (χ0) is 73.5. The Morgan fingerprint density at radius 1 is 0.270 bits per heavy atom. The van der Waals surface area contributed by atoms with Crippen LogP contribution in [0.5, 0.6) is 0 Å². The number of hydrogen-bond donors (Lipinski definition) is 3. The van der Waals surface area contributed by atoms with Gasteiger partial charge in [0.15, 0.2) is 12.2 Å². The summed E-state index contributed by atoms with van der Waals surface area (Å²) in [5, 5.41) is 10.6. The Bertz CT molecular complexity index is 1920. The van der Waals surface area contributed by atoms with E-state index in [1.165, 1.54) is 238 Å². The topological polar surface area (TPSA) is 237 Å². The van der Waals surface area contributed by atoms with Gasteiger partial charge in [0, 0.05) is 25.7 Å². The first-order valence-corrected chi connectivity index (χ1v) is 45.0. The third-order valence-electron chi connectivity index (χ3n) is 19.0. The van der Waals surface area contributed by atoms with Crippen molar-refractivity contribution in [2.24, 2.45) is 11.8 Å². The second-order valence-corrected chi connectivity index (χ2v) is 33.0. The molecule has 0 aromatic rings. The van der Waals surface area contributed by atoms with E-state index in [1.807, 2.05) is 0 Å². The van der Waals surface area contributed by atoms with E-state index < -0.39 is 97.5 Å². The Kier molecular flexibility index (Phi) is 71.2. The van der Waals surface area contributed by atoms with Crippen LogP contribution in [0.25, 0.3) is 0 Å². The molecule has 2 unspecified atom stereocenters. The van der Waals surface area contributed by atoms with Gasteiger partial charge in [0.2, 0.25) is 0 Å². The lowest BCUT2D eigenvalue weighted by Crippen LogP contribution is -2.30. The lowest BCUT2D eigenvalue weighted by Gasteiger charge is -2.21. The summed E-state index contributed by atoms with van der Waals surface area (Å²) in [7, 11) is -9.92. The van der Waals surface area contributed by atoms with Crippen molar-refractivity contribution in [3.63, 3.8) is 0 Å². The lowest BCUT2D eigenvalue weighted by molar-refractivity contribution is -0.161. The van der Waals surface area contributed by atoms with Crippen molar-refractivity contribution in [1.82, 2.24) is 0 Å². The first kappa shape index (κ1) is 98.1. The van der Waals surface area contributed by atoms with Gasteiger partial charge in [0.25, 0.3) is 0 Å². The third-order valence-corrected chi connectivity index (χ3v) is 20.9. The van der Waals surface area contributed by atoms with Crippen LogP contribution in [0.3, 0.4) is 0 Å². The molecule has 0 spiro atoms. The molecule has 0 saturated heterocycles. The highest BCUT2D eigenvalue weighted by Gasteiger charge is 2.30. The van der Waals surface area contributed by atoms with Crippen LogP contribution in [-0.4, -0.2) is 96.7 Å². The fourth-order valence-electron chi connectivity index (χ4n) is 12.5. The summed E-state index contributed by atoms with van der Waals surface area (Å²) >= 11 is 0. The minimum atomic E-state index is -4.96. The number of carbonyl (C=O) groups is 4. The second kappa shape index (κ2) is 72.6. The summed E-state index contributed by atoms with van der Waals surface area (Å²) in [5.41, 5.74) is 0. The van der Waals surface area contributed by atoms with Gasteiger partial charge in [-0.3, -0.25) is 37.3 Å². The van der Waals surface area contributed by atoms with Gasteiger partial charge in [-0.2, -0.15) is 0 Å². The van der Waals surface area contributed by atoms with Crippen LogP contribution in [-0.2, 0) is 65.4 Å². The van der Waals surface area contributed by atoms with Crippen LogP contribution in [0.4, 0.5) is 0 Å². The minimum Gasteiger partial charge on any atom is -0.462 e. The molecule has 0 amide bonds. The molecule has 0 aromatic carbocycles. The predicted octanol–water partition coefficient (Wildman–Crippen LogP) is 24.3. The lowest BCUT2D eigenvalue weighted by atomic mass is 10.0. The van der Waals surface area contributed by atoms with Crippen LogP contribution in [0.1, 0.15) is 427 Å². The molecule has 0 aliphatic heterocycles. The highest BCUT2D eigenvalue weighted by Crippen LogP contribution is 2.45. The number of unbranched alkanes of at least 4 members (excludes halogenated alkanes) is 50. The first-order valence-electron chi connectivity index (χ1n) is 42.0. The van der Waals surface area contributed by atoms with Crippen molar-refractivity contribution in [2.45, 2.75) is 445 Å². The fraction of sp³-hybridized carbons (Fsp3) is 0.951. The zero-order valence-electron chi connectivity index (χ0n) is 65.5. The van der Waals surface area contributed by atoms with Crippen LogP contribution < -0.4 is 0 Å². The van der Waals surface area contributed by atoms with Crippen molar-refractivity contribution in [2.75, 3.05) is 39.6 Å². The number of phosphoric ester groups is 2. The van der Waals surface area contributed by atoms with Crippen LogP contribution in [0, 0.1) is 11.8 Å². The molecule has 17 nitrogen and oxygen atoms in total. The van der Waals surface area contributed by atoms with Gasteiger partial charge >= 0.3 is 39.5 Å². The fourth-order valence-corrected chi connectivity index (χ4v) is 14.1. The third kappa shape index (κ3) is 74.3. The quantitative estimate of drug-likeness (QED) is 0.0222. The average molecular weight is 1470 g/mol. The summed E-state index contributed by atoms with van der Waals surface area (Å²) in [6.45, 7) is 9.62. The van der Waals surface area contributed by atoms with Gasteiger partial charge in [-0.05, 0) is 37.5 Å². The molecule has 0 bridgehead atoms. The highest BCUT2D eigenvalue weighted by molar-refractivity contribution is 7.47. The first-order chi connectivity index (χ1) is 48.4. The largest absolute Gasteiger partial charge is 0.472 e. The van der Waals surface area contributed by atoms with Crippen molar-refractivity contribution in [3.05, 3.63) is 0 Å². The van der Waals surface area contributed by atoms with E-state index in [0.717, 1.165) is 102 Å². The number of carbonyl (C=O) groups excluding carboxylic acids is 4. The molecule has 0 aromatic heterocycles. The maximum absolute atomic E-state index is 13.1. The molecule has 0 fully saturated rings. The molecule has 0 rings (SSSR count). The zero-order valence-corrected chi connectivity index (χ0v) is 67.3. The molecule has 19 heteroatoms.